The Morgan fingerprint density at radius 2 is 1.58 bits per heavy atom. The Morgan fingerprint density at radius 1 is 0.953 bits per heavy atom. The first-order valence-electron chi connectivity index (χ1n) is 13.8. The van der Waals surface area contributed by atoms with Gasteiger partial charge in [-0.05, 0) is 56.7 Å². The van der Waals surface area contributed by atoms with Gasteiger partial charge in [-0.1, -0.05) is 60.3 Å². The van der Waals surface area contributed by atoms with E-state index < -0.39 is 28.5 Å². The van der Waals surface area contributed by atoms with Gasteiger partial charge in [0.25, 0.3) is 10.0 Å². The van der Waals surface area contributed by atoms with Crippen LogP contribution in [0.2, 0.25) is 10.0 Å². The summed E-state index contributed by atoms with van der Waals surface area (Å²) in [6.45, 7) is 5.19. The Bertz CT molecular complexity index is 1510. The van der Waals surface area contributed by atoms with E-state index in [1.165, 1.54) is 37.3 Å². The Morgan fingerprint density at radius 3 is 2.16 bits per heavy atom. The lowest BCUT2D eigenvalue weighted by Gasteiger charge is -2.32. The van der Waals surface area contributed by atoms with E-state index in [1.807, 2.05) is 13.8 Å². The van der Waals surface area contributed by atoms with Crippen LogP contribution in [0.25, 0.3) is 0 Å². The molecule has 0 unspecified atom stereocenters. The second kappa shape index (κ2) is 15.3. The van der Waals surface area contributed by atoms with Gasteiger partial charge in [0.2, 0.25) is 11.8 Å². The van der Waals surface area contributed by atoms with E-state index in [0.29, 0.717) is 27.9 Å². The third kappa shape index (κ3) is 8.34. The molecule has 0 aliphatic rings. The van der Waals surface area contributed by atoms with E-state index in [4.69, 9.17) is 32.7 Å². The van der Waals surface area contributed by atoms with Gasteiger partial charge in [-0.3, -0.25) is 13.9 Å². The van der Waals surface area contributed by atoms with Crippen molar-refractivity contribution in [3.63, 3.8) is 0 Å². The van der Waals surface area contributed by atoms with Crippen molar-refractivity contribution in [3.8, 4) is 11.5 Å². The van der Waals surface area contributed by atoms with Crippen molar-refractivity contribution >= 4 is 50.7 Å². The number of carbonyl (C=O) groups excluding carboxylic acids is 2. The van der Waals surface area contributed by atoms with Crippen molar-refractivity contribution in [2.45, 2.75) is 51.1 Å². The van der Waals surface area contributed by atoms with E-state index in [0.717, 1.165) is 22.7 Å². The van der Waals surface area contributed by atoms with Crippen molar-refractivity contribution in [3.05, 3.63) is 81.8 Å². The summed E-state index contributed by atoms with van der Waals surface area (Å²) in [4.78, 5) is 28.4. The fourth-order valence-electron chi connectivity index (χ4n) is 4.32. The van der Waals surface area contributed by atoms with E-state index in [9.17, 15) is 18.0 Å². The average Bonchev–Trinajstić information content (AvgIpc) is 2.99. The monoisotopic (exact) mass is 649 g/mol. The molecule has 12 heteroatoms. The van der Waals surface area contributed by atoms with Crippen LogP contribution >= 0.6 is 23.2 Å². The first-order chi connectivity index (χ1) is 20.4. The lowest BCUT2D eigenvalue weighted by molar-refractivity contribution is -0.139. The topological polar surface area (TPSA) is 105 Å². The summed E-state index contributed by atoms with van der Waals surface area (Å²) in [6.07, 6.45) is 1.65. The average molecular weight is 651 g/mol. The number of ether oxygens (including phenoxy) is 2. The molecule has 1 atom stereocenters. The summed E-state index contributed by atoms with van der Waals surface area (Å²) in [6, 6.07) is 14.9. The molecule has 0 saturated heterocycles. The minimum absolute atomic E-state index is 0.107. The van der Waals surface area contributed by atoms with Gasteiger partial charge >= 0.3 is 0 Å². The van der Waals surface area contributed by atoms with Crippen LogP contribution in [0.15, 0.2) is 65.6 Å². The summed E-state index contributed by atoms with van der Waals surface area (Å²) >= 11 is 12.9. The Kier molecular flexibility index (Phi) is 12.1. The van der Waals surface area contributed by atoms with Crippen LogP contribution in [0.3, 0.4) is 0 Å². The number of aryl methyl sites for hydroxylation is 1. The minimum atomic E-state index is -4.31. The first-order valence-corrected chi connectivity index (χ1v) is 16.0. The molecule has 0 saturated carbocycles. The van der Waals surface area contributed by atoms with Crippen LogP contribution in [0.5, 0.6) is 11.5 Å². The summed E-state index contributed by atoms with van der Waals surface area (Å²) in [5, 5.41) is 3.48. The molecule has 2 amide bonds. The molecule has 3 aromatic rings. The molecular formula is C31H37Cl2N3O6S. The van der Waals surface area contributed by atoms with Crippen LogP contribution in [-0.2, 0) is 26.2 Å². The number of unbranched alkanes of at least 4 members (excludes halogenated alkanes) is 1. The molecule has 0 aliphatic heterocycles. The largest absolute Gasteiger partial charge is 0.493 e. The number of sulfonamides is 1. The first kappa shape index (κ1) is 34.0. The molecular weight excluding hydrogens is 613 g/mol. The molecule has 0 bridgehead atoms. The van der Waals surface area contributed by atoms with Crippen LogP contribution in [-0.4, -0.2) is 58.5 Å². The number of hydrogen-bond acceptors (Lipinski definition) is 6. The van der Waals surface area contributed by atoms with Gasteiger partial charge in [-0.25, -0.2) is 8.42 Å². The minimum Gasteiger partial charge on any atom is -0.493 e. The number of benzene rings is 3. The zero-order chi connectivity index (χ0) is 31.7. The van der Waals surface area contributed by atoms with Gasteiger partial charge in [0.1, 0.15) is 12.6 Å². The fourth-order valence-corrected chi connectivity index (χ4v) is 6.26. The van der Waals surface area contributed by atoms with Crippen molar-refractivity contribution in [2.24, 2.45) is 0 Å². The fraction of sp³-hybridized carbons (Fsp3) is 0.355. The molecule has 232 valence electrons. The number of carbonyl (C=O) groups is 2. The standard InChI is InChI=1S/C31H37Cl2N3O6S/c1-6-7-17-34-31(38)22(3)35(19-25-26(32)9-8-10-27(25)33)30(37)20-36(23-13-11-21(2)12-14-23)43(39,40)24-15-16-28(41-4)29(18-24)42-5/h8-16,18,22H,6-7,17,19-20H2,1-5H3,(H,34,38)/t22-/m0/s1. The van der Waals surface area contributed by atoms with E-state index >= 15 is 0 Å². The molecule has 0 fully saturated rings. The lowest BCUT2D eigenvalue weighted by atomic mass is 10.1. The Balaban J connectivity index is 2.08. The number of hydrogen-bond donors (Lipinski definition) is 1. The van der Waals surface area contributed by atoms with Crippen LogP contribution in [0, 0.1) is 6.92 Å². The molecule has 0 aromatic heterocycles. The van der Waals surface area contributed by atoms with Crippen molar-refractivity contribution in [1.82, 2.24) is 10.2 Å². The van der Waals surface area contributed by atoms with Crippen molar-refractivity contribution < 1.29 is 27.5 Å². The number of halogens is 2. The van der Waals surface area contributed by atoms with E-state index in [2.05, 4.69) is 5.32 Å². The molecule has 9 nitrogen and oxygen atoms in total. The van der Waals surface area contributed by atoms with Crippen LogP contribution in [0.1, 0.15) is 37.8 Å². The van der Waals surface area contributed by atoms with Gasteiger partial charge in [0, 0.05) is 34.8 Å². The van der Waals surface area contributed by atoms with E-state index in [1.54, 1.807) is 49.4 Å². The molecule has 0 spiro atoms. The number of nitrogens with one attached hydrogen (secondary N) is 1. The highest BCUT2D eigenvalue weighted by atomic mass is 35.5. The highest BCUT2D eigenvalue weighted by Gasteiger charge is 2.33. The summed E-state index contributed by atoms with van der Waals surface area (Å²) in [5.74, 6) is -0.440. The number of anilines is 1. The molecule has 1 N–H and O–H groups in total. The Labute approximate surface area is 263 Å². The van der Waals surface area contributed by atoms with Crippen molar-refractivity contribution in [1.29, 1.82) is 0 Å². The van der Waals surface area contributed by atoms with Gasteiger partial charge in [-0.2, -0.15) is 0 Å². The summed E-state index contributed by atoms with van der Waals surface area (Å²) in [5.41, 5.74) is 1.62. The van der Waals surface area contributed by atoms with Gasteiger partial charge in [-0.15, -0.1) is 0 Å². The normalized spacial score (nSPS) is 11.9. The summed E-state index contributed by atoms with van der Waals surface area (Å²) < 4.78 is 39.9. The van der Waals surface area contributed by atoms with E-state index in [-0.39, 0.29) is 28.8 Å². The number of methoxy groups -OCH3 is 2. The molecule has 0 aliphatic carbocycles. The third-order valence-corrected chi connectivity index (χ3v) is 9.41. The van der Waals surface area contributed by atoms with Crippen molar-refractivity contribution in [2.75, 3.05) is 31.6 Å². The van der Waals surface area contributed by atoms with Gasteiger partial charge in [0.05, 0.1) is 24.8 Å². The lowest BCUT2D eigenvalue weighted by Crippen LogP contribution is -2.51. The highest BCUT2D eigenvalue weighted by molar-refractivity contribution is 7.92. The molecule has 3 aromatic carbocycles. The number of nitrogens with zero attached hydrogens (tertiary/aromatic N) is 2. The number of rotatable bonds is 14. The maximum atomic E-state index is 14.1. The maximum Gasteiger partial charge on any atom is 0.264 e. The smallest absolute Gasteiger partial charge is 0.264 e. The molecule has 0 radical (unpaired) electrons. The quantitative estimate of drug-likeness (QED) is 0.220. The maximum absolute atomic E-state index is 14.1. The molecule has 0 heterocycles. The highest BCUT2D eigenvalue weighted by Crippen LogP contribution is 2.33. The van der Waals surface area contributed by atoms with Gasteiger partial charge in [0.15, 0.2) is 11.5 Å². The van der Waals surface area contributed by atoms with Gasteiger partial charge < -0.3 is 19.7 Å². The second-order valence-corrected chi connectivity index (χ2v) is 12.6. The summed E-state index contributed by atoms with van der Waals surface area (Å²) in [7, 11) is -1.46. The number of amides is 2. The molecule has 43 heavy (non-hydrogen) atoms. The Hall–Kier alpha value is -3.47. The SMILES string of the molecule is CCCCNC(=O)[C@H](C)N(Cc1c(Cl)cccc1Cl)C(=O)CN(c1ccc(C)cc1)S(=O)(=O)c1ccc(OC)c(OC)c1. The zero-order valence-corrected chi connectivity index (χ0v) is 27.2. The predicted molar refractivity (Wildman–Crippen MR) is 170 cm³/mol. The van der Waals surface area contributed by atoms with Crippen LogP contribution < -0.4 is 19.1 Å². The predicted octanol–water partition coefficient (Wildman–Crippen LogP) is 5.85. The zero-order valence-electron chi connectivity index (χ0n) is 24.9. The molecule has 3 rings (SSSR count). The third-order valence-electron chi connectivity index (χ3n) is 6.93. The second-order valence-electron chi connectivity index (χ2n) is 9.91. The van der Waals surface area contributed by atoms with Crippen LogP contribution in [0.4, 0.5) is 5.69 Å².